The molecule has 200 valence electrons. The Hall–Kier alpha value is -4.43. The van der Waals surface area contributed by atoms with Crippen molar-refractivity contribution in [3.05, 3.63) is 101 Å². The molecule has 0 unspecified atom stereocenters. The van der Waals surface area contributed by atoms with Gasteiger partial charge in [-0.15, -0.1) is 0 Å². The molecule has 2 aromatic heterocycles. The Kier molecular flexibility index (Phi) is 7.74. The minimum Gasteiger partial charge on any atom is -0.494 e. The fourth-order valence-corrected chi connectivity index (χ4v) is 5.09. The average molecular weight is 528 g/mol. The van der Waals surface area contributed by atoms with E-state index in [0.29, 0.717) is 47.7 Å². The summed E-state index contributed by atoms with van der Waals surface area (Å²) in [5, 5.41) is 15.1. The number of carbonyl (C=O) groups is 1. The van der Waals surface area contributed by atoms with Gasteiger partial charge in [0, 0.05) is 36.4 Å². The standard InChI is InChI=1S/C31H30FN3O4/c1-33-30-23(12-8-16-39-19-20-9-4-3-5-10-20)28-22-11-6-7-13-26(22)35(31(36)37)29(28)25(34-30)18-21-14-15-27(38-2)24(32)17-21/h3-7,9-11,13-15,17H,8,12,16,18-19H2,1-2H3,(H,33,34)(H,36,37). The molecule has 0 aliphatic heterocycles. The number of ether oxygens (including phenoxy) is 2. The number of para-hydroxylation sites is 1. The zero-order valence-corrected chi connectivity index (χ0v) is 21.9. The number of rotatable bonds is 10. The van der Waals surface area contributed by atoms with E-state index in [0.717, 1.165) is 28.3 Å². The lowest BCUT2D eigenvalue weighted by atomic mass is 10.00. The third-order valence-electron chi connectivity index (χ3n) is 6.83. The molecule has 0 saturated heterocycles. The Morgan fingerprint density at radius 3 is 2.54 bits per heavy atom. The summed E-state index contributed by atoms with van der Waals surface area (Å²) in [5.41, 5.74) is 4.34. The summed E-state index contributed by atoms with van der Waals surface area (Å²) >= 11 is 0. The first-order chi connectivity index (χ1) is 19.0. The minimum atomic E-state index is -1.10. The third kappa shape index (κ3) is 5.28. The summed E-state index contributed by atoms with van der Waals surface area (Å²) < 4.78 is 26.7. The maximum absolute atomic E-state index is 14.5. The number of nitrogens with zero attached hydrogens (tertiary/aromatic N) is 2. The molecule has 8 heteroatoms. The zero-order chi connectivity index (χ0) is 27.4. The number of anilines is 1. The van der Waals surface area contributed by atoms with Crippen molar-refractivity contribution in [3.63, 3.8) is 0 Å². The lowest BCUT2D eigenvalue weighted by Crippen LogP contribution is -2.12. The number of nitrogens with one attached hydrogen (secondary N) is 1. The number of carboxylic acid groups (broad SMARTS) is 1. The van der Waals surface area contributed by atoms with Gasteiger partial charge in [-0.05, 0) is 42.2 Å². The number of halogens is 1. The highest BCUT2D eigenvalue weighted by Gasteiger charge is 2.24. The molecule has 2 heterocycles. The third-order valence-corrected chi connectivity index (χ3v) is 6.83. The normalized spacial score (nSPS) is 11.3. The number of hydrogen-bond donors (Lipinski definition) is 2. The number of hydrogen-bond acceptors (Lipinski definition) is 5. The highest BCUT2D eigenvalue weighted by Crippen LogP contribution is 2.37. The molecule has 7 nitrogen and oxygen atoms in total. The lowest BCUT2D eigenvalue weighted by Gasteiger charge is -2.15. The summed E-state index contributed by atoms with van der Waals surface area (Å²) in [6, 6.07) is 22.2. The van der Waals surface area contributed by atoms with E-state index >= 15 is 0 Å². The van der Waals surface area contributed by atoms with Gasteiger partial charge < -0.3 is 19.9 Å². The van der Waals surface area contributed by atoms with Crippen LogP contribution in [-0.4, -0.2) is 41.5 Å². The van der Waals surface area contributed by atoms with Gasteiger partial charge in [0.15, 0.2) is 11.6 Å². The number of pyridine rings is 1. The molecular formula is C31H30FN3O4. The molecule has 5 rings (SSSR count). The van der Waals surface area contributed by atoms with Crippen molar-refractivity contribution in [2.24, 2.45) is 0 Å². The van der Waals surface area contributed by atoms with Crippen LogP contribution in [-0.2, 0) is 24.2 Å². The molecule has 0 saturated carbocycles. The van der Waals surface area contributed by atoms with E-state index in [1.54, 1.807) is 25.2 Å². The van der Waals surface area contributed by atoms with Crippen LogP contribution in [0.3, 0.4) is 0 Å². The molecule has 0 aliphatic rings. The molecule has 0 bridgehead atoms. The van der Waals surface area contributed by atoms with Gasteiger partial charge in [-0.2, -0.15) is 0 Å². The first-order valence-electron chi connectivity index (χ1n) is 12.8. The number of aryl methyl sites for hydroxylation is 1. The van der Waals surface area contributed by atoms with Crippen LogP contribution in [0.25, 0.3) is 21.8 Å². The fourth-order valence-electron chi connectivity index (χ4n) is 5.09. The van der Waals surface area contributed by atoms with Crippen LogP contribution < -0.4 is 10.1 Å². The SMILES string of the molecule is CNc1nc(Cc2ccc(OC)c(F)c2)c2c(c1CCCOCc1ccccc1)c1ccccc1n2C(=O)O. The van der Waals surface area contributed by atoms with Crippen molar-refractivity contribution in [2.45, 2.75) is 25.9 Å². The van der Waals surface area contributed by atoms with Gasteiger partial charge in [0.05, 0.1) is 30.4 Å². The first kappa shape index (κ1) is 26.2. The minimum absolute atomic E-state index is 0.150. The lowest BCUT2D eigenvalue weighted by molar-refractivity contribution is 0.119. The van der Waals surface area contributed by atoms with Crippen molar-refractivity contribution in [2.75, 3.05) is 26.1 Å². The van der Waals surface area contributed by atoms with E-state index in [9.17, 15) is 14.3 Å². The summed E-state index contributed by atoms with van der Waals surface area (Å²) in [4.78, 5) is 17.4. The number of benzene rings is 3. The number of fused-ring (bicyclic) bond motifs is 3. The number of aromatic nitrogens is 2. The predicted molar refractivity (Wildman–Crippen MR) is 150 cm³/mol. The van der Waals surface area contributed by atoms with Gasteiger partial charge in [0.25, 0.3) is 0 Å². The molecule has 3 aromatic carbocycles. The molecule has 2 N–H and O–H groups in total. The predicted octanol–water partition coefficient (Wildman–Crippen LogP) is 6.65. The van der Waals surface area contributed by atoms with Crippen molar-refractivity contribution in [3.8, 4) is 5.75 Å². The van der Waals surface area contributed by atoms with Crippen molar-refractivity contribution in [1.82, 2.24) is 9.55 Å². The maximum Gasteiger partial charge on any atom is 0.416 e. The largest absolute Gasteiger partial charge is 0.494 e. The van der Waals surface area contributed by atoms with Crippen LogP contribution in [0.4, 0.5) is 15.0 Å². The molecule has 0 radical (unpaired) electrons. The molecule has 0 fully saturated rings. The Balaban J connectivity index is 1.56. The second-order valence-corrected chi connectivity index (χ2v) is 9.28. The second kappa shape index (κ2) is 11.5. The monoisotopic (exact) mass is 527 g/mol. The van der Waals surface area contributed by atoms with E-state index in [1.807, 2.05) is 48.5 Å². The van der Waals surface area contributed by atoms with Crippen LogP contribution in [0.15, 0.2) is 72.8 Å². The molecule has 0 spiro atoms. The summed E-state index contributed by atoms with van der Waals surface area (Å²) in [6.45, 7) is 1.08. The van der Waals surface area contributed by atoms with Crippen LogP contribution in [0.5, 0.6) is 5.75 Å². The van der Waals surface area contributed by atoms with Crippen LogP contribution in [0, 0.1) is 5.82 Å². The van der Waals surface area contributed by atoms with E-state index in [2.05, 4.69) is 5.32 Å². The average Bonchev–Trinajstić information content (AvgIpc) is 3.30. The maximum atomic E-state index is 14.5. The van der Waals surface area contributed by atoms with E-state index in [1.165, 1.54) is 17.7 Å². The molecule has 39 heavy (non-hydrogen) atoms. The van der Waals surface area contributed by atoms with Gasteiger partial charge in [-0.3, -0.25) is 0 Å². The van der Waals surface area contributed by atoms with Crippen molar-refractivity contribution >= 4 is 33.7 Å². The zero-order valence-electron chi connectivity index (χ0n) is 21.9. The Bertz CT molecular complexity index is 1630. The van der Waals surface area contributed by atoms with E-state index in [4.69, 9.17) is 14.5 Å². The fraction of sp³-hybridized carbons (Fsp3) is 0.226. The molecule has 5 aromatic rings. The summed E-state index contributed by atoms with van der Waals surface area (Å²) in [7, 11) is 3.22. The smallest absolute Gasteiger partial charge is 0.416 e. The van der Waals surface area contributed by atoms with Gasteiger partial charge in [-0.25, -0.2) is 18.7 Å². The van der Waals surface area contributed by atoms with Gasteiger partial charge >= 0.3 is 6.09 Å². The van der Waals surface area contributed by atoms with Gasteiger partial charge in [0.2, 0.25) is 0 Å². The quantitative estimate of drug-likeness (QED) is 0.198. The summed E-state index contributed by atoms with van der Waals surface area (Å²) in [5.74, 6) is 0.339. The van der Waals surface area contributed by atoms with Crippen LogP contribution in [0.1, 0.15) is 28.8 Å². The highest BCUT2D eigenvalue weighted by molar-refractivity contribution is 6.15. The molecule has 0 aliphatic carbocycles. The van der Waals surface area contributed by atoms with Crippen molar-refractivity contribution < 1.29 is 23.8 Å². The van der Waals surface area contributed by atoms with E-state index in [-0.39, 0.29) is 12.2 Å². The van der Waals surface area contributed by atoms with Gasteiger partial charge in [0.1, 0.15) is 5.82 Å². The Labute approximate surface area is 225 Å². The van der Waals surface area contributed by atoms with E-state index < -0.39 is 11.9 Å². The van der Waals surface area contributed by atoms with Gasteiger partial charge in [-0.1, -0.05) is 54.6 Å². The first-order valence-corrected chi connectivity index (χ1v) is 12.8. The van der Waals surface area contributed by atoms with Crippen molar-refractivity contribution in [1.29, 1.82) is 0 Å². The topological polar surface area (TPSA) is 85.6 Å². The molecular weight excluding hydrogens is 497 g/mol. The second-order valence-electron chi connectivity index (χ2n) is 9.28. The molecule has 0 atom stereocenters. The van der Waals surface area contributed by atoms with Crippen LogP contribution >= 0.6 is 0 Å². The van der Waals surface area contributed by atoms with Crippen LogP contribution in [0.2, 0.25) is 0 Å². The highest BCUT2D eigenvalue weighted by atomic mass is 19.1. The Morgan fingerprint density at radius 2 is 1.82 bits per heavy atom. The number of methoxy groups -OCH3 is 1. The Morgan fingerprint density at radius 1 is 1.05 bits per heavy atom. The molecule has 0 amide bonds. The summed E-state index contributed by atoms with van der Waals surface area (Å²) in [6.07, 6.45) is 0.517.